The van der Waals surface area contributed by atoms with Crippen molar-refractivity contribution in [2.45, 2.75) is 19.4 Å². The molecule has 0 radical (unpaired) electrons. The van der Waals surface area contributed by atoms with E-state index in [1.165, 1.54) is 13.2 Å². The van der Waals surface area contributed by atoms with Gasteiger partial charge in [-0.2, -0.15) is 0 Å². The van der Waals surface area contributed by atoms with Gasteiger partial charge in [-0.25, -0.2) is 4.79 Å². The Morgan fingerprint density at radius 2 is 2.00 bits per heavy atom. The van der Waals surface area contributed by atoms with Crippen LogP contribution in [-0.4, -0.2) is 35.9 Å². The van der Waals surface area contributed by atoms with E-state index in [0.29, 0.717) is 23.8 Å². The number of imide groups is 1. The van der Waals surface area contributed by atoms with Gasteiger partial charge in [-0.3, -0.25) is 14.5 Å². The molecule has 1 aliphatic rings. The predicted molar refractivity (Wildman–Crippen MR) is 92.5 cm³/mol. The first-order chi connectivity index (χ1) is 12.4. The summed E-state index contributed by atoms with van der Waals surface area (Å²) in [7, 11) is 0. The number of carbonyl (C=O) groups is 3. The molecular formula is C18H19N3O5. The van der Waals surface area contributed by atoms with Crippen LogP contribution in [0.5, 0.6) is 5.75 Å². The van der Waals surface area contributed by atoms with Gasteiger partial charge in [0.1, 0.15) is 18.1 Å². The lowest BCUT2D eigenvalue weighted by Crippen LogP contribution is -2.41. The Labute approximate surface area is 150 Å². The van der Waals surface area contributed by atoms with Crippen molar-refractivity contribution in [3.63, 3.8) is 0 Å². The number of furan rings is 1. The zero-order valence-corrected chi connectivity index (χ0v) is 14.4. The van der Waals surface area contributed by atoms with Crippen molar-refractivity contribution in [1.29, 1.82) is 0 Å². The molecule has 0 bridgehead atoms. The molecule has 26 heavy (non-hydrogen) atoms. The largest absolute Gasteiger partial charge is 0.494 e. The zero-order valence-electron chi connectivity index (χ0n) is 14.4. The number of anilines is 1. The van der Waals surface area contributed by atoms with E-state index in [2.05, 4.69) is 10.6 Å². The van der Waals surface area contributed by atoms with Crippen molar-refractivity contribution >= 4 is 23.5 Å². The Balaban J connectivity index is 1.65. The SMILES string of the molecule is CCOc1ccc(NC(=O)CN2C(=O)N[C@@](C)(c3ccco3)C2=O)cc1. The van der Waals surface area contributed by atoms with E-state index in [1.54, 1.807) is 36.4 Å². The minimum Gasteiger partial charge on any atom is -0.494 e. The fraction of sp³-hybridized carbons (Fsp3) is 0.278. The highest BCUT2D eigenvalue weighted by Crippen LogP contribution is 2.29. The average Bonchev–Trinajstić information content (AvgIpc) is 3.22. The van der Waals surface area contributed by atoms with Crippen molar-refractivity contribution in [2.75, 3.05) is 18.5 Å². The van der Waals surface area contributed by atoms with Crippen LogP contribution >= 0.6 is 0 Å². The number of hydrogen-bond acceptors (Lipinski definition) is 5. The minimum atomic E-state index is -1.32. The van der Waals surface area contributed by atoms with Gasteiger partial charge in [-0.1, -0.05) is 0 Å². The summed E-state index contributed by atoms with van der Waals surface area (Å²) in [4.78, 5) is 37.9. The Morgan fingerprint density at radius 1 is 1.27 bits per heavy atom. The number of hydrogen-bond donors (Lipinski definition) is 2. The van der Waals surface area contributed by atoms with Gasteiger partial charge in [0.05, 0.1) is 12.9 Å². The maximum absolute atomic E-state index is 12.6. The molecular weight excluding hydrogens is 338 g/mol. The molecule has 0 unspecified atom stereocenters. The van der Waals surface area contributed by atoms with Crippen LogP contribution in [0.25, 0.3) is 0 Å². The summed E-state index contributed by atoms with van der Waals surface area (Å²) in [6.07, 6.45) is 1.42. The zero-order chi connectivity index (χ0) is 18.7. The maximum atomic E-state index is 12.6. The number of ether oxygens (including phenoxy) is 1. The van der Waals surface area contributed by atoms with Crippen molar-refractivity contribution in [3.8, 4) is 5.75 Å². The van der Waals surface area contributed by atoms with Gasteiger partial charge < -0.3 is 19.8 Å². The summed E-state index contributed by atoms with van der Waals surface area (Å²) in [5.74, 6) is -0.0280. The second-order valence-corrected chi connectivity index (χ2v) is 5.93. The molecule has 8 heteroatoms. The minimum absolute atomic E-state index is 0.310. The molecule has 1 aromatic heterocycles. The van der Waals surface area contributed by atoms with Crippen molar-refractivity contribution < 1.29 is 23.5 Å². The standard InChI is InChI=1S/C18H19N3O5/c1-3-25-13-8-6-12(7-9-13)19-15(22)11-21-16(23)18(2,20-17(21)24)14-5-4-10-26-14/h4-10H,3,11H2,1-2H3,(H,19,22)(H,20,24)/t18-/m0/s1. The van der Waals surface area contributed by atoms with Crippen LogP contribution in [0.4, 0.5) is 10.5 Å². The lowest BCUT2D eigenvalue weighted by Gasteiger charge is -2.18. The molecule has 4 amide bonds. The normalized spacial score (nSPS) is 19.4. The van der Waals surface area contributed by atoms with Crippen LogP contribution in [0.1, 0.15) is 19.6 Å². The summed E-state index contributed by atoms with van der Waals surface area (Å²) < 4.78 is 10.6. The summed E-state index contributed by atoms with van der Waals surface area (Å²) in [5, 5.41) is 5.22. The van der Waals surface area contributed by atoms with E-state index in [-0.39, 0.29) is 0 Å². The molecule has 0 aliphatic carbocycles. The number of benzene rings is 1. The Hall–Kier alpha value is -3.29. The number of urea groups is 1. The molecule has 1 saturated heterocycles. The third kappa shape index (κ3) is 3.26. The topological polar surface area (TPSA) is 101 Å². The number of nitrogens with zero attached hydrogens (tertiary/aromatic N) is 1. The van der Waals surface area contributed by atoms with Gasteiger partial charge in [-0.15, -0.1) is 0 Å². The molecule has 2 heterocycles. The Kier molecular flexibility index (Phi) is 4.66. The van der Waals surface area contributed by atoms with Crippen LogP contribution in [-0.2, 0) is 15.1 Å². The van der Waals surface area contributed by atoms with Crippen molar-refractivity contribution in [2.24, 2.45) is 0 Å². The summed E-state index contributed by atoms with van der Waals surface area (Å²) in [5.41, 5.74) is -0.778. The van der Waals surface area contributed by atoms with E-state index in [1.807, 2.05) is 6.92 Å². The van der Waals surface area contributed by atoms with E-state index in [4.69, 9.17) is 9.15 Å². The molecule has 2 N–H and O–H groups in total. The summed E-state index contributed by atoms with van der Waals surface area (Å²) in [6, 6.07) is 9.39. The van der Waals surface area contributed by atoms with E-state index >= 15 is 0 Å². The fourth-order valence-corrected chi connectivity index (χ4v) is 2.72. The molecule has 1 fully saturated rings. The molecule has 136 valence electrons. The molecule has 1 aromatic carbocycles. The summed E-state index contributed by atoms with van der Waals surface area (Å²) in [6.45, 7) is 3.57. The Bertz CT molecular complexity index is 816. The maximum Gasteiger partial charge on any atom is 0.325 e. The highest BCUT2D eigenvalue weighted by atomic mass is 16.5. The first kappa shape index (κ1) is 17.5. The molecule has 2 aromatic rings. The van der Waals surface area contributed by atoms with Gasteiger partial charge in [0.15, 0.2) is 5.54 Å². The third-order valence-corrected chi connectivity index (χ3v) is 4.04. The van der Waals surface area contributed by atoms with E-state index in [0.717, 1.165) is 4.90 Å². The second kappa shape index (κ2) is 6.91. The lowest BCUT2D eigenvalue weighted by atomic mass is 9.99. The number of carbonyl (C=O) groups excluding carboxylic acids is 3. The molecule has 0 spiro atoms. The van der Waals surface area contributed by atoms with Crippen molar-refractivity contribution in [3.05, 3.63) is 48.4 Å². The molecule has 0 saturated carbocycles. The number of amides is 4. The number of nitrogens with one attached hydrogen (secondary N) is 2. The first-order valence-electron chi connectivity index (χ1n) is 8.15. The van der Waals surface area contributed by atoms with Gasteiger partial charge in [-0.05, 0) is 50.2 Å². The van der Waals surface area contributed by atoms with Gasteiger partial charge in [0.2, 0.25) is 5.91 Å². The van der Waals surface area contributed by atoms with E-state index < -0.39 is 29.9 Å². The second-order valence-electron chi connectivity index (χ2n) is 5.93. The number of rotatable bonds is 6. The average molecular weight is 357 g/mol. The first-order valence-corrected chi connectivity index (χ1v) is 8.15. The van der Waals surface area contributed by atoms with Gasteiger partial charge >= 0.3 is 6.03 Å². The van der Waals surface area contributed by atoms with Crippen LogP contribution in [0, 0.1) is 0 Å². The van der Waals surface area contributed by atoms with Crippen LogP contribution < -0.4 is 15.4 Å². The molecule has 3 rings (SSSR count). The lowest BCUT2D eigenvalue weighted by molar-refractivity contribution is -0.134. The van der Waals surface area contributed by atoms with Gasteiger partial charge in [0, 0.05) is 5.69 Å². The van der Waals surface area contributed by atoms with E-state index in [9.17, 15) is 14.4 Å². The third-order valence-electron chi connectivity index (χ3n) is 4.04. The molecule has 1 atom stereocenters. The summed E-state index contributed by atoms with van der Waals surface area (Å²) >= 11 is 0. The van der Waals surface area contributed by atoms with Crippen molar-refractivity contribution in [1.82, 2.24) is 10.2 Å². The fourth-order valence-electron chi connectivity index (χ4n) is 2.72. The quantitative estimate of drug-likeness (QED) is 0.771. The highest BCUT2D eigenvalue weighted by molar-refractivity contribution is 6.10. The molecule has 8 nitrogen and oxygen atoms in total. The monoisotopic (exact) mass is 357 g/mol. The smallest absolute Gasteiger partial charge is 0.325 e. The Morgan fingerprint density at radius 3 is 2.62 bits per heavy atom. The predicted octanol–water partition coefficient (Wildman–Crippen LogP) is 2.08. The van der Waals surface area contributed by atoms with Crippen LogP contribution in [0.15, 0.2) is 47.1 Å². The van der Waals surface area contributed by atoms with Gasteiger partial charge in [0.25, 0.3) is 5.91 Å². The van der Waals surface area contributed by atoms with Crippen LogP contribution in [0.3, 0.4) is 0 Å². The highest BCUT2D eigenvalue weighted by Gasteiger charge is 2.51. The van der Waals surface area contributed by atoms with Crippen LogP contribution in [0.2, 0.25) is 0 Å². The molecule has 1 aliphatic heterocycles.